The van der Waals surface area contributed by atoms with Crippen molar-refractivity contribution in [3.8, 4) is 0 Å². The molecule has 10 nitrogen and oxygen atoms in total. The number of hydrogen-bond acceptors (Lipinski definition) is 7. The Morgan fingerprint density at radius 1 is 1.20 bits per heavy atom. The number of rotatable bonds is 5. The predicted octanol–water partition coefficient (Wildman–Crippen LogP) is -0.686. The quantitative estimate of drug-likeness (QED) is 0.599. The molecule has 3 fully saturated rings. The zero-order chi connectivity index (χ0) is 21.7. The van der Waals surface area contributed by atoms with Crippen molar-refractivity contribution in [2.45, 2.75) is 36.5 Å². The summed E-state index contributed by atoms with van der Waals surface area (Å²) in [6, 6.07) is -0.165. The molecule has 0 radical (unpaired) electrons. The van der Waals surface area contributed by atoms with Gasteiger partial charge in [-0.3, -0.25) is 9.69 Å². The summed E-state index contributed by atoms with van der Waals surface area (Å²) in [5.41, 5.74) is -0.437. The lowest BCUT2D eigenvalue weighted by atomic mass is 9.94. The van der Waals surface area contributed by atoms with Crippen molar-refractivity contribution < 1.29 is 17.9 Å². The van der Waals surface area contributed by atoms with Gasteiger partial charge in [-0.1, -0.05) is 0 Å². The maximum absolute atomic E-state index is 13.3. The van der Waals surface area contributed by atoms with Crippen molar-refractivity contribution in [2.24, 2.45) is 7.05 Å². The van der Waals surface area contributed by atoms with Crippen LogP contribution in [0.25, 0.3) is 0 Å². The average molecular weight is 441 g/mol. The molecule has 168 valence electrons. The van der Waals surface area contributed by atoms with E-state index in [0.29, 0.717) is 51.5 Å². The third-order valence-corrected chi connectivity index (χ3v) is 8.67. The minimum absolute atomic E-state index is 0.0923. The number of carbonyl (C=O) groups is 1. The lowest BCUT2D eigenvalue weighted by molar-refractivity contribution is -0.134. The maximum atomic E-state index is 13.3. The van der Waals surface area contributed by atoms with Crippen LogP contribution in [0.1, 0.15) is 18.7 Å². The fourth-order valence-corrected chi connectivity index (χ4v) is 6.56. The summed E-state index contributed by atoms with van der Waals surface area (Å²) < 4.78 is 34.8. The summed E-state index contributed by atoms with van der Waals surface area (Å²) in [6.07, 6.45) is 2.75. The molecule has 0 aromatic carbocycles. The highest BCUT2D eigenvalue weighted by Gasteiger charge is 2.58. The first kappa shape index (κ1) is 21.7. The van der Waals surface area contributed by atoms with Gasteiger partial charge in [0.25, 0.3) is 10.0 Å². The third-order valence-electron chi connectivity index (χ3n) is 6.90. The molecule has 0 aliphatic carbocycles. The number of sulfonamides is 1. The first-order valence-corrected chi connectivity index (χ1v) is 11.9. The van der Waals surface area contributed by atoms with Gasteiger partial charge in [-0.15, -0.1) is 0 Å². The number of likely N-dealkylation sites (N-methyl/N-ethyl adjacent to an activating group) is 1. The van der Waals surface area contributed by atoms with Gasteiger partial charge in [0.15, 0.2) is 5.03 Å². The van der Waals surface area contributed by atoms with Gasteiger partial charge < -0.3 is 19.1 Å². The SMILES string of the molecule is COCCN1C(=O)[C@H]2CN(C)CCN2C12CCN(S(=O)(=O)c1cn(C)c(C)n1)CC2. The van der Waals surface area contributed by atoms with Gasteiger partial charge >= 0.3 is 0 Å². The summed E-state index contributed by atoms with van der Waals surface area (Å²) >= 11 is 0. The lowest BCUT2D eigenvalue weighted by Gasteiger charge is -2.50. The number of piperidine rings is 1. The van der Waals surface area contributed by atoms with E-state index in [1.807, 2.05) is 11.9 Å². The average Bonchev–Trinajstić information content (AvgIpc) is 3.16. The summed E-state index contributed by atoms with van der Waals surface area (Å²) in [4.78, 5) is 23.9. The van der Waals surface area contributed by atoms with Crippen LogP contribution in [0.4, 0.5) is 0 Å². The number of aromatic nitrogens is 2. The molecule has 0 unspecified atom stereocenters. The third kappa shape index (κ3) is 3.36. The molecule has 11 heteroatoms. The first-order chi connectivity index (χ1) is 14.2. The number of methoxy groups -OCH3 is 1. The second-order valence-electron chi connectivity index (χ2n) is 8.58. The Hall–Kier alpha value is -1.53. The molecule has 0 N–H and O–H groups in total. The lowest BCUT2D eigenvalue weighted by Crippen LogP contribution is -2.63. The highest BCUT2D eigenvalue weighted by Crippen LogP contribution is 2.42. The van der Waals surface area contributed by atoms with Gasteiger partial charge in [-0.25, -0.2) is 13.4 Å². The Morgan fingerprint density at radius 3 is 2.50 bits per heavy atom. The molecule has 1 aromatic heterocycles. The molecule has 1 aromatic rings. The van der Waals surface area contributed by atoms with Crippen LogP contribution in [0, 0.1) is 6.92 Å². The molecular formula is C19H32N6O4S. The van der Waals surface area contributed by atoms with E-state index in [2.05, 4.69) is 14.8 Å². The highest BCUT2D eigenvalue weighted by molar-refractivity contribution is 7.89. The molecule has 1 atom stereocenters. The Kier molecular flexibility index (Phi) is 5.69. The van der Waals surface area contributed by atoms with Crippen molar-refractivity contribution in [3.05, 3.63) is 12.0 Å². The maximum Gasteiger partial charge on any atom is 0.262 e. The van der Waals surface area contributed by atoms with E-state index < -0.39 is 15.7 Å². The molecule has 4 rings (SSSR count). The molecule has 3 saturated heterocycles. The van der Waals surface area contributed by atoms with Crippen LogP contribution in [-0.2, 0) is 26.6 Å². The molecule has 0 bridgehead atoms. The number of nitrogens with zero attached hydrogens (tertiary/aromatic N) is 6. The van der Waals surface area contributed by atoms with Crippen molar-refractivity contribution in [1.29, 1.82) is 0 Å². The zero-order valence-electron chi connectivity index (χ0n) is 18.2. The smallest absolute Gasteiger partial charge is 0.262 e. The van der Waals surface area contributed by atoms with Crippen molar-refractivity contribution in [2.75, 3.05) is 60.0 Å². The Balaban J connectivity index is 1.58. The van der Waals surface area contributed by atoms with Gasteiger partial charge in [0.05, 0.1) is 12.3 Å². The number of fused-ring (bicyclic) bond motifs is 2. The van der Waals surface area contributed by atoms with Gasteiger partial charge in [0.1, 0.15) is 11.9 Å². The fraction of sp³-hybridized carbons (Fsp3) is 0.789. The van der Waals surface area contributed by atoms with E-state index in [0.717, 1.165) is 13.1 Å². The Bertz CT molecular complexity index is 889. The minimum atomic E-state index is -3.65. The van der Waals surface area contributed by atoms with Crippen LogP contribution >= 0.6 is 0 Å². The van der Waals surface area contributed by atoms with E-state index >= 15 is 0 Å². The summed E-state index contributed by atoms with van der Waals surface area (Å²) in [5.74, 6) is 0.796. The summed E-state index contributed by atoms with van der Waals surface area (Å²) in [5, 5.41) is 0.0923. The Morgan fingerprint density at radius 2 is 1.90 bits per heavy atom. The normalized spacial score (nSPS) is 25.9. The fourth-order valence-electron chi connectivity index (χ4n) is 5.09. The molecule has 4 heterocycles. The predicted molar refractivity (Wildman–Crippen MR) is 110 cm³/mol. The van der Waals surface area contributed by atoms with Gasteiger partial charge in [-0.2, -0.15) is 4.31 Å². The van der Waals surface area contributed by atoms with E-state index in [9.17, 15) is 13.2 Å². The van der Waals surface area contributed by atoms with E-state index in [4.69, 9.17) is 4.74 Å². The van der Waals surface area contributed by atoms with E-state index in [-0.39, 0.29) is 17.0 Å². The standard InChI is InChI=1S/C19H32N6O4S/c1-15-20-17(14-22(15)3)30(27,28)23-7-5-19(6-8-23)24-10-9-21(2)13-16(24)18(26)25(19)11-12-29-4/h14,16H,5-13H2,1-4H3/t16-/m1/s1. The van der Waals surface area contributed by atoms with Crippen LogP contribution in [-0.4, -0.2) is 115 Å². The number of hydrogen-bond donors (Lipinski definition) is 0. The van der Waals surface area contributed by atoms with Crippen molar-refractivity contribution in [3.63, 3.8) is 0 Å². The van der Waals surface area contributed by atoms with Gasteiger partial charge in [-0.05, 0) is 26.8 Å². The van der Waals surface area contributed by atoms with Crippen LogP contribution in [0.5, 0.6) is 0 Å². The molecule has 3 aliphatic heterocycles. The van der Waals surface area contributed by atoms with Crippen LogP contribution < -0.4 is 0 Å². The number of aryl methyl sites for hydroxylation is 2. The second kappa shape index (κ2) is 7.86. The molecule has 30 heavy (non-hydrogen) atoms. The molecule has 0 saturated carbocycles. The minimum Gasteiger partial charge on any atom is -0.383 e. The zero-order valence-corrected chi connectivity index (χ0v) is 19.1. The van der Waals surface area contributed by atoms with E-state index in [1.165, 1.54) is 4.31 Å². The number of ether oxygens (including phenoxy) is 1. The highest BCUT2D eigenvalue weighted by atomic mass is 32.2. The number of piperazine rings is 1. The first-order valence-electron chi connectivity index (χ1n) is 10.5. The van der Waals surface area contributed by atoms with Crippen molar-refractivity contribution in [1.82, 2.24) is 28.6 Å². The molecule has 1 amide bonds. The topological polar surface area (TPSA) is 91.2 Å². The summed E-state index contributed by atoms with van der Waals surface area (Å²) in [6.45, 7) is 5.94. The van der Waals surface area contributed by atoms with Crippen LogP contribution in [0.2, 0.25) is 0 Å². The monoisotopic (exact) mass is 440 g/mol. The van der Waals surface area contributed by atoms with Crippen molar-refractivity contribution >= 4 is 15.9 Å². The summed E-state index contributed by atoms with van der Waals surface area (Å²) in [7, 11) is 1.82. The largest absolute Gasteiger partial charge is 0.383 e. The molecule has 1 spiro atoms. The number of carbonyl (C=O) groups excluding carboxylic acids is 1. The van der Waals surface area contributed by atoms with E-state index in [1.54, 1.807) is 31.8 Å². The number of imidazole rings is 1. The van der Waals surface area contributed by atoms with Crippen LogP contribution in [0.15, 0.2) is 11.2 Å². The van der Waals surface area contributed by atoms with Gasteiger partial charge in [0.2, 0.25) is 5.91 Å². The molecular weight excluding hydrogens is 408 g/mol. The number of amides is 1. The Labute approximate surface area is 178 Å². The molecule has 3 aliphatic rings. The van der Waals surface area contributed by atoms with Crippen LogP contribution in [0.3, 0.4) is 0 Å². The van der Waals surface area contributed by atoms with Gasteiger partial charge in [0, 0.05) is 59.6 Å². The second-order valence-corrected chi connectivity index (χ2v) is 10.5.